The first-order valence-corrected chi connectivity index (χ1v) is 7.51. The number of aromatic carboxylic acids is 1. The van der Waals surface area contributed by atoms with E-state index < -0.39 is 5.97 Å². The summed E-state index contributed by atoms with van der Waals surface area (Å²) in [6.45, 7) is 5.37. The summed E-state index contributed by atoms with van der Waals surface area (Å²) in [5, 5.41) is 13.1. The fraction of sp³-hybridized carbons (Fsp3) is 0.267. The van der Waals surface area contributed by atoms with Gasteiger partial charge in [-0.1, -0.05) is 12.1 Å². The molecule has 0 saturated heterocycles. The van der Waals surface area contributed by atoms with Gasteiger partial charge < -0.3 is 14.8 Å². The van der Waals surface area contributed by atoms with Gasteiger partial charge in [0.05, 0.1) is 0 Å². The maximum Gasteiger partial charge on any atom is 0.371 e. The van der Waals surface area contributed by atoms with Gasteiger partial charge in [-0.15, -0.1) is 6.58 Å². The molecule has 2 aromatic rings. The Bertz CT molecular complexity index is 606. The van der Waals surface area contributed by atoms with Crippen LogP contribution >= 0.6 is 11.8 Å². The second-order valence-corrected chi connectivity index (χ2v) is 5.48. The average molecular weight is 291 g/mol. The molecule has 0 aliphatic rings. The number of carboxylic acids is 1. The highest BCUT2D eigenvalue weighted by atomic mass is 32.2. The number of thioether (sulfide) groups is 1. The van der Waals surface area contributed by atoms with Gasteiger partial charge in [-0.3, -0.25) is 0 Å². The molecule has 2 N–H and O–H groups in total. The van der Waals surface area contributed by atoms with E-state index in [0.29, 0.717) is 5.58 Å². The molecule has 5 heteroatoms. The van der Waals surface area contributed by atoms with Gasteiger partial charge in [-0.25, -0.2) is 4.79 Å². The van der Waals surface area contributed by atoms with Crippen LogP contribution in [0.5, 0.6) is 0 Å². The number of hydrogen-bond acceptors (Lipinski definition) is 4. The second kappa shape index (κ2) is 7.17. The monoisotopic (exact) mass is 291 g/mol. The Morgan fingerprint density at radius 3 is 3.05 bits per heavy atom. The summed E-state index contributed by atoms with van der Waals surface area (Å²) in [6, 6.07) is 7.27. The molecule has 1 aromatic heterocycles. The van der Waals surface area contributed by atoms with Crippen molar-refractivity contribution >= 4 is 28.7 Å². The van der Waals surface area contributed by atoms with E-state index in [-0.39, 0.29) is 5.76 Å². The van der Waals surface area contributed by atoms with E-state index >= 15 is 0 Å². The first-order valence-electron chi connectivity index (χ1n) is 6.36. The Morgan fingerprint density at radius 2 is 2.30 bits per heavy atom. The average Bonchev–Trinajstić information content (AvgIpc) is 2.86. The van der Waals surface area contributed by atoms with E-state index in [1.807, 2.05) is 36.0 Å². The molecule has 20 heavy (non-hydrogen) atoms. The third-order valence-electron chi connectivity index (χ3n) is 2.78. The zero-order valence-corrected chi connectivity index (χ0v) is 11.9. The van der Waals surface area contributed by atoms with Gasteiger partial charge in [0.25, 0.3) is 0 Å². The zero-order chi connectivity index (χ0) is 14.4. The summed E-state index contributed by atoms with van der Waals surface area (Å²) in [5.74, 6) is 0.954. The van der Waals surface area contributed by atoms with Crippen molar-refractivity contribution in [3.63, 3.8) is 0 Å². The highest BCUT2D eigenvalue weighted by Crippen LogP contribution is 2.20. The Labute approximate surface area is 121 Å². The molecule has 0 spiro atoms. The lowest BCUT2D eigenvalue weighted by Crippen LogP contribution is -2.16. The number of carboxylic acid groups (broad SMARTS) is 1. The van der Waals surface area contributed by atoms with Gasteiger partial charge in [-0.05, 0) is 23.8 Å². The van der Waals surface area contributed by atoms with Gasteiger partial charge in [0.15, 0.2) is 0 Å². The summed E-state index contributed by atoms with van der Waals surface area (Å²) in [5.41, 5.74) is 1.72. The molecule has 0 atom stereocenters. The number of nitrogens with one attached hydrogen (secondary N) is 1. The van der Waals surface area contributed by atoms with Crippen LogP contribution in [0.25, 0.3) is 11.0 Å². The number of fused-ring (bicyclic) bond motifs is 1. The standard InChI is InChI=1S/C15H17NO3S/c1-2-6-20-7-5-16-10-11-3-4-13-12(8-11)9-14(19-13)15(17)18/h2-4,8-9,16H,1,5-7,10H2,(H,17,18). The van der Waals surface area contributed by atoms with Crippen LogP contribution in [0.2, 0.25) is 0 Å². The third kappa shape index (κ3) is 3.88. The van der Waals surface area contributed by atoms with Crippen LogP contribution in [0.4, 0.5) is 0 Å². The summed E-state index contributed by atoms with van der Waals surface area (Å²) < 4.78 is 5.22. The van der Waals surface area contributed by atoms with Crippen LogP contribution in [0.1, 0.15) is 16.1 Å². The minimum Gasteiger partial charge on any atom is -0.475 e. The minimum absolute atomic E-state index is 0.0223. The lowest BCUT2D eigenvalue weighted by atomic mass is 10.1. The lowest BCUT2D eigenvalue weighted by Gasteiger charge is -2.04. The number of carbonyl (C=O) groups is 1. The van der Waals surface area contributed by atoms with Gasteiger partial charge >= 0.3 is 5.97 Å². The van der Waals surface area contributed by atoms with Crippen molar-refractivity contribution < 1.29 is 14.3 Å². The Morgan fingerprint density at radius 1 is 1.45 bits per heavy atom. The first kappa shape index (κ1) is 14.7. The van der Waals surface area contributed by atoms with E-state index in [1.165, 1.54) is 0 Å². The topological polar surface area (TPSA) is 62.5 Å². The van der Waals surface area contributed by atoms with Crippen LogP contribution in [0.15, 0.2) is 41.3 Å². The highest BCUT2D eigenvalue weighted by molar-refractivity contribution is 7.99. The Hall–Kier alpha value is -1.72. The van der Waals surface area contributed by atoms with Gasteiger partial charge in [0.2, 0.25) is 5.76 Å². The molecule has 0 fully saturated rings. The summed E-state index contributed by atoms with van der Waals surface area (Å²) in [6.07, 6.45) is 1.90. The fourth-order valence-corrected chi connectivity index (χ4v) is 2.47. The van der Waals surface area contributed by atoms with Crippen LogP contribution in [0, 0.1) is 0 Å². The van der Waals surface area contributed by atoms with Crippen LogP contribution in [0.3, 0.4) is 0 Å². The molecule has 1 heterocycles. The fourth-order valence-electron chi connectivity index (χ4n) is 1.85. The van der Waals surface area contributed by atoms with Crippen LogP contribution < -0.4 is 5.32 Å². The molecular formula is C15H17NO3S. The molecule has 106 valence electrons. The number of hydrogen-bond donors (Lipinski definition) is 2. The molecule has 0 radical (unpaired) electrons. The largest absolute Gasteiger partial charge is 0.475 e. The molecule has 0 aliphatic carbocycles. The molecule has 2 rings (SSSR count). The summed E-state index contributed by atoms with van der Waals surface area (Å²) in [4.78, 5) is 10.8. The van der Waals surface area contributed by atoms with Crippen molar-refractivity contribution in [3.8, 4) is 0 Å². The van der Waals surface area contributed by atoms with E-state index in [2.05, 4.69) is 11.9 Å². The highest BCUT2D eigenvalue weighted by Gasteiger charge is 2.10. The van der Waals surface area contributed by atoms with Crippen molar-refractivity contribution in [2.24, 2.45) is 0 Å². The number of benzene rings is 1. The van der Waals surface area contributed by atoms with Crippen molar-refractivity contribution in [3.05, 3.63) is 48.2 Å². The third-order valence-corrected chi connectivity index (χ3v) is 3.74. The Kier molecular flexibility index (Phi) is 5.26. The molecule has 0 aliphatic heterocycles. The molecule has 0 bridgehead atoms. The maximum absolute atomic E-state index is 10.8. The lowest BCUT2D eigenvalue weighted by molar-refractivity contribution is 0.0665. The van der Waals surface area contributed by atoms with Gasteiger partial charge in [0.1, 0.15) is 5.58 Å². The van der Waals surface area contributed by atoms with Crippen molar-refractivity contribution in [2.75, 3.05) is 18.1 Å². The predicted octanol–water partition coefficient (Wildman–Crippen LogP) is 3.14. The van der Waals surface area contributed by atoms with Crippen molar-refractivity contribution in [1.29, 1.82) is 0 Å². The molecule has 0 saturated carbocycles. The first-order chi connectivity index (χ1) is 9.70. The van der Waals surface area contributed by atoms with E-state index in [9.17, 15) is 4.79 Å². The van der Waals surface area contributed by atoms with E-state index in [0.717, 1.165) is 35.5 Å². The quantitative estimate of drug-likeness (QED) is 0.578. The van der Waals surface area contributed by atoms with Gasteiger partial charge in [0, 0.05) is 30.0 Å². The molecular weight excluding hydrogens is 274 g/mol. The SMILES string of the molecule is C=CCSCCNCc1ccc2oc(C(=O)O)cc2c1. The molecule has 0 unspecified atom stereocenters. The van der Waals surface area contributed by atoms with Crippen molar-refractivity contribution in [2.45, 2.75) is 6.54 Å². The van der Waals surface area contributed by atoms with Crippen molar-refractivity contribution in [1.82, 2.24) is 5.32 Å². The second-order valence-electron chi connectivity index (χ2n) is 4.33. The molecule has 4 nitrogen and oxygen atoms in total. The smallest absolute Gasteiger partial charge is 0.371 e. The summed E-state index contributed by atoms with van der Waals surface area (Å²) in [7, 11) is 0. The number of rotatable bonds is 8. The molecule has 0 amide bonds. The molecule has 1 aromatic carbocycles. The summed E-state index contributed by atoms with van der Waals surface area (Å²) >= 11 is 1.84. The van der Waals surface area contributed by atoms with Crippen LogP contribution in [-0.4, -0.2) is 29.1 Å². The Balaban J connectivity index is 1.90. The predicted molar refractivity (Wildman–Crippen MR) is 82.4 cm³/mol. The van der Waals surface area contributed by atoms with Crippen LogP contribution in [-0.2, 0) is 6.54 Å². The zero-order valence-electron chi connectivity index (χ0n) is 11.1. The normalized spacial score (nSPS) is 10.8. The minimum atomic E-state index is -1.04. The van der Waals surface area contributed by atoms with E-state index in [4.69, 9.17) is 9.52 Å². The van der Waals surface area contributed by atoms with Gasteiger partial charge in [-0.2, -0.15) is 11.8 Å². The number of furan rings is 1. The van der Waals surface area contributed by atoms with E-state index in [1.54, 1.807) is 6.07 Å². The maximum atomic E-state index is 10.8.